The molecule has 0 aliphatic rings. The number of rotatable bonds is 6. The van der Waals surface area contributed by atoms with Crippen molar-refractivity contribution in [3.8, 4) is 11.4 Å². The molecule has 3 rings (SSSR count). The van der Waals surface area contributed by atoms with Crippen molar-refractivity contribution in [2.75, 3.05) is 6.54 Å². The van der Waals surface area contributed by atoms with Crippen LogP contribution in [-0.2, 0) is 17.8 Å². The zero-order valence-corrected chi connectivity index (χ0v) is 13.5. The normalized spacial score (nSPS) is 10.5. The number of benzene rings is 2. The van der Waals surface area contributed by atoms with Crippen molar-refractivity contribution in [2.24, 2.45) is 0 Å². The summed E-state index contributed by atoms with van der Waals surface area (Å²) >= 11 is 0. The number of hydrogen-bond acceptors (Lipinski definition) is 4. The van der Waals surface area contributed by atoms with Gasteiger partial charge in [-0.15, -0.1) is 10.2 Å². The van der Waals surface area contributed by atoms with Gasteiger partial charge >= 0.3 is 0 Å². The number of aromatic nitrogens is 4. The zero-order valence-electron chi connectivity index (χ0n) is 13.5. The van der Waals surface area contributed by atoms with Gasteiger partial charge in [0.1, 0.15) is 6.54 Å². The molecule has 6 heteroatoms. The van der Waals surface area contributed by atoms with Crippen LogP contribution >= 0.6 is 0 Å². The zero-order chi connectivity index (χ0) is 16.8. The van der Waals surface area contributed by atoms with Crippen molar-refractivity contribution >= 4 is 5.91 Å². The average Bonchev–Trinajstić information content (AvgIpc) is 3.05. The van der Waals surface area contributed by atoms with Crippen molar-refractivity contribution in [1.29, 1.82) is 0 Å². The van der Waals surface area contributed by atoms with E-state index in [4.69, 9.17) is 0 Å². The van der Waals surface area contributed by atoms with Crippen LogP contribution in [0.5, 0.6) is 0 Å². The second-order valence-electron chi connectivity index (χ2n) is 5.60. The number of carbonyl (C=O) groups is 1. The van der Waals surface area contributed by atoms with Crippen molar-refractivity contribution in [3.63, 3.8) is 0 Å². The summed E-state index contributed by atoms with van der Waals surface area (Å²) in [4.78, 5) is 13.3. The molecule has 0 bridgehead atoms. The third-order valence-corrected chi connectivity index (χ3v) is 3.63. The monoisotopic (exact) mass is 321 g/mol. The molecule has 24 heavy (non-hydrogen) atoms. The first-order valence-corrected chi connectivity index (χ1v) is 7.86. The van der Waals surface area contributed by atoms with Gasteiger partial charge < -0.3 is 5.32 Å². The topological polar surface area (TPSA) is 72.7 Å². The second-order valence-corrected chi connectivity index (χ2v) is 5.60. The van der Waals surface area contributed by atoms with Gasteiger partial charge in [-0.25, -0.2) is 0 Å². The largest absolute Gasteiger partial charge is 0.354 e. The fraction of sp³-hybridized carbons (Fsp3) is 0.222. The molecule has 122 valence electrons. The van der Waals surface area contributed by atoms with Crippen LogP contribution in [0.15, 0.2) is 54.6 Å². The Hall–Kier alpha value is -3.02. The Bertz CT molecular complexity index is 796. The first-order valence-electron chi connectivity index (χ1n) is 7.86. The molecule has 1 aromatic heterocycles. The summed E-state index contributed by atoms with van der Waals surface area (Å²) in [6.45, 7) is 2.67. The van der Waals surface area contributed by atoms with Crippen molar-refractivity contribution in [1.82, 2.24) is 25.5 Å². The highest BCUT2D eigenvalue weighted by Gasteiger charge is 2.09. The SMILES string of the molecule is Cc1ccc(-c2nnn(CC(=O)NCCc3ccccc3)n2)cc1. The van der Waals surface area contributed by atoms with Crippen LogP contribution in [0.3, 0.4) is 0 Å². The molecule has 0 saturated heterocycles. The number of tetrazole rings is 1. The highest BCUT2D eigenvalue weighted by atomic mass is 16.2. The van der Waals surface area contributed by atoms with Crippen LogP contribution in [0.4, 0.5) is 0 Å². The molecule has 0 fully saturated rings. The summed E-state index contributed by atoms with van der Waals surface area (Å²) in [5.74, 6) is 0.394. The molecule has 0 radical (unpaired) electrons. The second kappa shape index (κ2) is 7.50. The summed E-state index contributed by atoms with van der Waals surface area (Å²) in [5.41, 5.74) is 3.25. The Morgan fingerprint density at radius 3 is 2.58 bits per heavy atom. The minimum Gasteiger partial charge on any atom is -0.354 e. The van der Waals surface area contributed by atoms with Gasteiger partial charge in [0.15, 0.2) is 0 Å². The molecular formula is C18H19N5O. The van der Waals surface area contributed by atoms with Gasteiger partial charge in [-0.1, -0.05) is 60.2 Å². The minimum atomic E-state index is -0.126. The number of amides is 1. The maximum Gasteiger partial charge on any atom is 0.243 e. The van der Waals surface area contributed by atoms with Gasteiger partial charge in [-0.05, 0) is 24.1 Å². The molecule has 3 aromatic rings. The van der Waals surface area contributed by atoms with Crippen LogP contribution in [0.1, 0.15) is 11.1 Å². The van der Waals surface area contributed by atoms with Crippen LogP contribution in [0, 0.1) is 6.92 Å². The molecule has 0 aliphatic carbocycles. The Balaban J connectivity index is 1.51. The van der Waals surface area contributed by atoms with E-state index in [1.807, 2.05) is 61.5 Å². The Morgan fingerprint density at radius 2 is 1.83 bits per heavy atom. The van der Waals surface area contributed by atoms with Crippen LogP contribution in [0.2, 0.25) is 0 Å². The number of nitrogens with zero attached hydrogens (tertiary/aromatic N) is 4. The first kappa shape index (κ1) is 15.9. The maximum atomic E-state index is 12.0. The van der Waals surface area contributed by atoms with Crippen molar-refractivity contribution < 1.29 is 4.79 Å². The van der Waals surface area contributed by atoms with Gasteiger partial charge in [-0.2, -0.15) is 4.80 Å². The maximum absolute atomic E-state index is 12.0. The van der Waals surface area contributed by atoms with Crippen LogP contribution in [0.25, 0.3) is 11.4 Å². The lowest BCUT2D eigenvalue weighted by atomic mass is 10.1. The number of nitrogens with one attached hydrogen (secondary N) is 1. The Morgan fingerprint density at radius 1 is 1.08 bits per heavy atom. The third kappa shape index (κ3) is 4.25. The van der Waals surface area contributed by atoms with Crippen molar-refractivity contribution in [3.05, 3.63) is 65.7 Å². The number of carbonyl (C=O) groups excluding carboxylic acids is 1. The van der Waals surface area contributed by atoms with E-state index in [1.165, 1.54) is 15.9 Å². The lowest BCUT2D eigenvalue weighted by Crippen LogP contribution is -2.30. The van der Waals surface area contributed by atoms with Crippen LogP contribution in [-0.4, -0.2) is 32.7 Å². The third-order valence-electron chi connectivity index (χ3n) is 3.63. The predicted molar refractivity (Wildman–Crippen MR) is 91.1 cm³/mol. The van der Waals surface area contributed by atoms with E-state index in [0.717, 1.165) is 12.0 Å². The lowest BCUT2D eigenvalue weighted by Gasteiger charge is -2.04. The molecular weight excluding hydrogens is 302 g/mol. The summed E-state index contributed by atoms with van der Waals surface area (Å²) in [6.07, 6.45) is 0.798. The van der Waals surface area contributed by atoms with Gasteiger partial charge in [0, 0.05) is 12.1 Å². The Kier molecular flexibility index (Phi) is 4.96. The molecule has 1 heterocycles. The van der Waals surface area contributed by atoms with E-state index in [9.17, 15) is 4.79 Å². The lowest BCUT2D eigenvalue weighted by molar-refractivity contribution is -0.122. The van der Waals surface area contributed by atoms with Gasteiger partial charge in [-0.3, -0.25) is 4.79 Å². The summed E-state index contributed by atoms with van der Waals surface area (Å²) in [5, 5.41) is 15.1. The van der Waals surface area contributed by atoms with Gasteiger partial charge in [0.2, 0.25) is 11.7 Å². The average molecular weight is 321 g/mol. The molecule has 0 saturated carbocycles. The highest BCUT2D eigenvalue weighted by Crippen LogP contribution is 2.13. The minimum absolute atomic E-state index is 0.0631. The van der Waals surface area contributed by atoms with Gasteiger partial charge in [0.25, 0.3) is 0 Å². The fourth-order valence-electron chi connectivity index (χ4n) is 2.30. The fourth-order valence-corrected chi connectivity index (χ4v) is 2.30. The molecule has 2 aromatic carbocycles. The standard InChI is InChI=1S/C18H19N5O/c1-14-7-9-16(10-8-14)18-20-22-23(21-18)13-17(24)19-12-11-15-5-3-2-4-6-15/h2-10H,11-13H2,1H3,(H,19,24). The van der Waals surface area contributed by atoms with E-state index in [1.54, 1.807) is 0 Å². The number of hydrogen-bond donors (Lipinski definition) is 1. The highest BCUT2D eigenvalue weighted by molar-refractivity contribution is 5.75. The van der Waals surface area contributed by atoms with E-state index >= 15 is 0 Å². The molecule has 0 spiro atoms. The smallest absolute Gasteiger partial charge is 0.243 e. The first-order chi connectivity index (χ1) is 11.7. The van der Waals surface area contributed by atoms with E-state index in [2.05, 4.69) is 20.7 Å². The Labute approximate surface area is 140 Å². The summed E-state index contributed by atoms with van der Waals surface area (Å²) in [7, 11) is 0. The molecule has 0 atom stereocenters. The molecule has 0 unspecified atom stereocenters. The van der Waals surface area contributed by atoms with E-state index in [-0.39, 0.29) is 12.5 Å². The van der Waals surface area contributed by atoms with E-state index in [0.29, 0.717) is 12.4 Å². The number of aryl methyl sites for hydroxylation is 1. The quantitative estimate of drug-likeness (QED) is 0.754. The predicted octanol–water partition coefficient (Wildman–Crippen LogP) is 2.01. The van der Waals surface area contributed by atoms with Crippen molar-refractivity contribution in [2.45, 2.75) is 19.9 Å². The summed E-state index contributed by atoms with van der Waals surface area (Å²) < 4.78 is 0. The molecule has 0 aliphatic heterocycles. The van der Waals surface area contributed by atoms with Crippen LogP contribution < -0.4 is 5.32 Å². The molecule has 1 N–H and O–H groups in total. The van der Waals surface area contributed by atoms with E-state index < -0.39 is 0 Å². The molecule has 6 nitrogen and oxygen atoms in total. The van der Waals surface area contributed by atoms with Gasteiger partial charge in [0.05, 0.1) is 0 Å². The summed E-state index contributed by atoms with van der Waals surface area (Å²) in [6, 6.07) is 17.9. The molecule has 1 amide bonds.